The Morgan fingerprint density at radius 1 is 1.50 bits per heavy atom. The highest BCUT2D eigenvalue weighted by Gasteiger charge is 2.29. The van der Waals surface area contributed by atoms with E-state index in [0.717, 1.165) is 12.2 Å². The van der Waals surface area contributed by atoms with Crippen LogP contribution in [0.2, 0.25) is 0 Å². The average Bonchev–Trinajstić information content (AvgIpc) is 2.86. The van der Waals surface area contributed by atoms with E-state index in [4.69, 9.17) is 15.4 Å². The van der Waals surface area contributed by atoms with E-state index in [-0.39, 0.29) is 12.1 Å². The van der Waals surface area contributed by atoms with Crippen LogP contribution in [-0.4, -0.2) is 23.5 Å². The predicted molar refractivity (Wildman–Crippen MR) is 71.8 cm³/mol. The zero-order valence-electron chi connectivity index (χ0n) is 11.5. The molecule has 1 heterocycles. The zero-order chi connectivity index (χ0) is 13.5. The van der Waals surface area contributed by atoms with Gasteiger partial charge in [0, 0.05) is 25.0 Å². The summed E-state index contributed by atoms with van der Waals surface area (Å²) in [6.45, 7) is 7.03. The second kappa shape index (κ2) is 7.20. The van der Waals surface area contributed by atoms with Crippen LogP contribution in [0.25, 0.3) is 0 Å². The van der Waals surface area contributed by atoms with Crippen molar-refractivity contribution in [3.8, 4) is 6.07 Å². The SMILES string of the molecule is CCC(N)C(c1ccco1)N(CCC#N)C(C)C. The molecule has 0 amide bonds. The van der Waals surface area contributed by atoms with Crippen molar-refractivity contribution in [1.82, 2.24) is 4.90 Å². The highest BCUT2D eigenvalue weighted by molar-refractivity contribution is 5.08. The normalized spacial score (nSPS) is 14.7. The standard InChI is InChI=1S/C14H23N3O/c1-4-12(16)14(13-7-5-10-18-13)17(11(2)3)9-6-8-15/h5,7,10-12,14H,4,6,9,16H2,1-3H3. The Kier molecular flexibility index (Phi) is 5.90. The first-order valence-corrected chi connectivity index (χ1v) is 6.53. The molecule has 2 unspecified atom stereocenters. The van der Waals surface area contributed by atoms with E-state index in [0.29, 0.717) is 19.0 Å². The number of hydrogen-bond acceptors (Lipinski definition) is 4. The molecule has 2 N–H and O–H groups in total. The van der Waals surface area contributed by atoms with Crippen LogP contribution < -0.4 is 5.73 Å². The molecule has 0 aromatic carbocycles. The van der Waals surface area contributed by atoms with E-state index < -0.39 is 0 Å². The summed E-state index contributed by atoms with van der Waals surface area (Å²) in [6.07, 6.45) is 3.06. The van der Waals surface area contributed by atoms with Gasteiger partial charge in [0.2, 0.25) is 0 Å². The van der Waals surface area contributed by atoms with Gasteiger partial charge in [0.05, 0.1) is 18.4 Å². The first-order valence-electron chi connectivity index (χ1n) is 6.53. The molecule has 1 aromatic rings. The summed E-state index contributed by atoms with van der Waals surface area (Å²) in [7, 11) is 0. The third kappa shape index (κ3) is 3.59. The largest absolute Gasteiger partial charge is 0.468 e. The van der Waals surface area contributed by atoms with Crippen molar-refractivity contribution in [2.75, 3.05) is 6.54 Å². The topological polar surface area (TPSA) is 66.2 Å². The van der Waals surface area contributed by atoms with E-state index in [9.17, 15) is 0 Å². The number of nitrogens with two attached hydrogens (primary N) is 1. The molecule has 0 radical (unpaired) electrons. The number of nitrogens with zero attached hydrogens (tertiary/aromatic N) is 2. The van der Waals surface area contributed by atoms with Crippen LogP contribution in [-0.2, 0) is 0 Å². The van der Waals surface area contributed by atoms with Gasteiger partial charge in [0.15, 0.2) is 0 Å². The fourth-order valence-corrected chi connectivity index (χ4v) is 2.20. The van der Waals surface area contributed by atoms with Crippen LogP contribution >= 0.6 is 0 Å². The van der Waals surface area contributed by atoms with Crippen LogP contribution in [0, 0.1) is 11.3 Å². The lowest BCUT2D eigenvalue weighted by Gasteiger charge is -2.36. The Balaban J connectivity index is 2.95. The molecule has 0 saturated carbocycles. The smallest absolute Gasteiger partial charge is 0.122 e. The lowest BCUT2D eigenvalue weighted by molar-refractivity contribution is 0.115. The minimum atomic E-state index is 0.0113. The van der Waals surface area contributed by atoms with Gasteiger partial charge in [-0.2, -0.15) is 5.26 Å². The molecular formula is C14H23N3O. The molecule has 0 fully saturated rings. The molecule has 1 aromatic heterocycles. The minimum absolute atomic E-state index is 0.0113. The highest BCUT2D eigenvalue weighted by atomic mass is 16.3. The Hall–Kier alpha value is -1.31. The van der Waals surface area contributed by atoms with Crippen molar-refractivity contribution in [1.29, 1.82) is 5.26 Å². The summed E-state index contributed by atoms with van der Waals surface area (Å²) in [4.78, 5) is 2.25. The van der Waals surface area contributed by atoms with E-state index in [1.165, 1.54) is 0 Å². The molecule has 4 nitrogen and oxygen atoms in total. The van der Waals surface area contributed by atoms with E-state index in [1.807, 2.05) is 12.1 Å². The van der Waals surface area contributed by atoms with Crippen LogP contribution in [0.15, 0.2) is 22.8 Å². The first kappa shape index (κ1) is 14.7. The Morgan fingerprint density at radius 2 is 2.22 bits per heavy atom. The van der Waals surface area contributed by atoms with Crippen molar-refractivity contribution in [2.24, 2.45) is 5.73 Å². The second-order valence-electron chi connectivity index (χ2n) is 4.77. The molecule has 0 aliphatic carbocycles. The summed E-state index contributed by atoms with van der Waals surface area (Å²) in [6, 6.07) is 6.42. The number of hydrogen-bond donors (Lipinski definition) is 1. The molecule has 0 bridgehead atoms. The quantitative estimate of drug-likeness (QED) is 0.806. The van der Waals surface area contributed by atoms with E-state index >= 15 is 0 Å². The molecule has 0 spiro atoms. The first-order chi connectivity index (χ1) is 8.61. The number of furan rings is 1. The van der Waals surface area contributed by atoms with E-state index in [1.54, 1.807) is 6.26 Å². The van der Waals surface area contributed by atoms with Crippen LogP contribution in [0.3, 0.4) is 0 Å². The van der Waals surface area contributed by atoms with Gasteiger partial charge in [0.25, 0.3) is 0 Å². The minimum Gasteiger partial charge on any atom is -0.468 e. The van der Waals surface area contributed by atoms with Crippen molar-refractivity contribution >= 4 is 0 Å². The van der Waals surface area contributed by atoms with Gasteiger partial charge in [-0.1, -0.05) is 6.92 Å². The summed E-state index contributed by atoms with van der Waals surface area (Å²) in [5.41, 5.74) is 6.23. The second-order valence-corrected chi connectivity index (χ2v) is 4.77. The van der Waals surface area contributed by atoms with Crippen molar-refractivity contribution in [3.05, 3.63) is 24.2 Å². The molecular weight excluding hydrogens is 226 g/mol. The van der Waals surface area contributed by atoms with Crippen molar-refractivity contribution < 1.29 is 4.42 Å². The molecule has 2 atom stereocenters. The lowest BCUT2D eigenvalue weighted by atomic mass is 10.0. The fourth-order valence-electron chi connectivity index (χ4n) is 2.20. The van der Waals surface area contributed by atoms with Gasteiger partial charge in [-0.25, -0.2) is 0 Å². The highest BCUT2D eigenvalue weighted by Crippen LogP contribution is 2.27. The maximum Gasteiger partial charge on any atom is 0.122 e. The molecule has 0 saturated heterocycles. The van der Waals surface area contributed by atoms with Crippen LogP contribution in [0.5, 0.6) is 0 Å². The summed E-state index contributed by atoms with van der Waals surface area (Å²) < 4.78 is 5.53. The number of nitriles is 1. The molecule has 1 rings (SSSR count). The van der Waals surface area contributed by atoms with Gasteiger partial charge < -0.3 is 10.2 Å². The van der Waals surface area contributed by atoms with Gasteiger partial charge in [0.1, 0.15) is 5.76 Å². The molecule has 100 valence electrons. The Labute approximate surface area is 109 Å². The predicted octanol–water partition coefficient (Wildman–Crippen LogP) is 2.68. The molecule has 18 heavy (non-hydrogen) atoms. The van der Waals surface area contributed by atoms with Gasteiger partial charge >= 0.3 is 0 Å². The monoisotopic (exact) mass is 249 g/mol. The zero-order valence-corrected chi connectivity index (χ0v) is 11.5. The molecule has 0 aliphatic heterocycles. The third-order valence-corrected chi connectivity index (χ3v) is 3.21. The maximum absolute atomic E-state index is 8.77. The molecule has 4 heteroatoms. The van der Waals surface area contributed by atoms with E-state index in [2.05, 4.69) is 31.7 Å². The van der Waals surface area contributed by atoms with Crippen LogP contribution in [0.1, 0.15) is 45.4 Å². The lowest BCUT2D eigenvalue weighted by Crippen LogP contribution is -2.44. The fraction of sp³-hybridized carbons (Fsp3) is 0.643. The third-order valence-electron chi connectivity index (χ3n) is 3.21. The molecule has 0 aliphatic rings. The maximum atomic E-state index is 8.77. The summed E-state index contributed by atoms with van der Waals surface area (Å²) in [5.74, 6) is 0.885. The van der Waals surface area contributed by atoms with Gasteiger partial charge in [-0.05, 0) is 32.4 Å². The van der Waals surface area contributed by atoms with Crippen LogP contribution in [0.4, 0.5) is 0 Å². The Morgan fingerprint density at radius 3 is 2.67 bits per heavy atom. The van der Waals surface area contributed by atoms with Crippen molar-refractivity contribution in [2.45, 2.75) is 51.7 Å². The summed E-state index contributed by atoms with van der Waals surface area (Å²) >= 11 is 0. The summed E-state index contributed by atoms with van der Waals surface area (Å²) in [5, 5.41) is 8.77. The van der Waals surface area contributed by atoms with Gasteiger partial charge in [-0.15, -0.1) is 0 Å². The van der Waals surface area contributed by atoms with Crippen molar-refractivity contribution in [3.63, 3.8) is 0 Å². The average molecular weight is 249 g/mol. The Bertz CT molecular complexity index is 367. The van der Waals surface area contributed by atoms with Gasteiger partial charge in [-0.3, -0.25) is 4.90 Å². The number of rotatable bonds is 7.